The number of amides is 1. The first-order valence-corrected chi connectivity index (χ1v) is 7.11. The maximum atomic E-state index is 12.1. The average Bonchev–Trinajstić information content (AvgIpc) is 2.31. The van der Waals surface area contributed by atoms with Crippen molar-refractivity contribution in [3.8, 4) is 0 Å². The van der Waals surface area contributed by atoms with E-state index in [0.717, 1.165) is 32.4 Å². The SMILES string of the molecule is O=C(CC1CCCCC1)N1CCC(Cl)CC1. The average molecular weight is 244 g/mol. The minimum Gasteiger partial charge on any atom is -0.343 e. The van der Waals surface area contributed by atoms with E-state index >= 15 is 0 Å². The van der Waals surface area contributed by atoms with E-state index in [-0.39, 0.29) is 0 Å². The molecule has 0 N–H and O–H groups in total. The molecule has 1 heterocycles. The van der Waals surface area contributed by atoms with Crippen molar-refractivity contribution < 1.29 is 4.79 Å². The molecule has 0 aromatic heterocycles. The van der Waals surface area contributed by atoms with E-state index in [0.29, 0.717) is 17.2 Å². The second kappa shape index (κ2) is 5.90. The van der Waals surface area contributed by atoms with Crippen molar-refractivity contribution in [2.24, 2.45) is 5.92 Å². The Kier molecular flexibility index (Phi) is 4.51. The fourth-order valence-corrected chi connectivity index (χ4v) is 3.06. The van der Waals surface area contributed by atoms with Crippen molar-refractivity contribution in [3.05, 3.63) is 0 Å². The highest BCUT2D eigenvalue weighted by Gasteiger charge is 2.24. The van der Waals surface area contributed by atoms with Crippen molar-refractivity contribution in [1.82, 2.24) is 4.90 Å². The van der Waals surface area contributed by atoms with Crippen LogP contribution in [0.3, 0.4) is 0 Å². The van der Waals surface area contributed by atoms with Gasteiger partial charge in [0.2, 0.25) is 5.91 Å². The number of halogens is 1. The smallest absolute Gasteiger partial charge is 0.222 e. The predicted octanol–water partition coefficient (Wildman–Crippen LogP) is 3.19. The Hall–Kier alpha value is -0.240. The van der Waals surface area contributed by atoms with Gasteiger partial charge in [-0.25, -0.2) is 0 Å². The highest BCUT2D eigenvalue weighted by Crippen LogP contribution is 2.27. The molecule has 2 nitrogen and oxygen atoms in total. The number of rotatable bonds is 2. The second-order valence-electron chi connectivity index (χ2n) is 5.26. The molecule has 1 aliphatic carbocycles. The van der Waals surface area contributed by atoms with Crippen LogP contribution in [0, 0.1) is 5.92 Å². The van der Waals surface area contributed by atoms with E-state index in [1.165, 1.54) is 32.1 Å². The summed E-state index contributed by atoms with van der Waals surface area (Å²) >= 11 is 6.04. The van der Waals surface area contributed by atoms with Crippen molar-refractivity contribution in [2.45, 2.75) is 56.7 Å². The highest BCUT2D eigenvalue weighted by atomic mass is 35.5. The van der Waals surface area contributed by atoms with Crippen LogP contribution in [0.5, 0.6) is 0 Å². The summed E-state index contributed by atoms with van der Waals surface area (Å²) in [6, 6.07) is 0. The molecule has 0 atom stereocenters. The Morgan fingerprint density at radius 3 is 2.31 bits per heavy atom. The fraction of sp³-hybridized carbons (Fsp3) is 0.923. The zero-order valence-electron chi connectivity index (χ0n) is 9.96. The second-order valence-corrected chi connectivity index (χ2v) is 5.88. The van der Waals surface area contributed by atoms with Gasteiger partial charge in [0.1, 0.15) is 0 Å². The summed E-state index contributed by atoms with van der Waals surface area (Å²) in [5.41, 5.74) is 0. The monoisotopic (exact) mass is 243 g/mol. The lowest BCUT2D eigenvalue weighted by molar-refractivity contribution is -0.133. The number of nitrogens with zero attached hydrogens (tertiary/aromatic N) is 1. The first-order valence-electron chi connectivity index (χ1n) is 6.67. The first kappa shape index (κ1) is 12.2. The summed E-state index contributed by atoms with van der Waals surface area (Å²) in [7, 11) is 0. The van der Waals surface area contributed by atoms with Crippen molar-refractivity contribution in [1.29, 1.82) is 0 Å². The lowest BCUT2D eigenvalue weighted by atomic mass is 9.86. The number of likely N-dealkylation sites (tertiary alicyclic amines) is 1. The number of hydrogen-bond donors (Lipinski definition) is 0. The van der Waals surface area contributed by atoms with Crippen LogP contribution in [0.4, 0.5) is 0 Å². The van der Waals surface area contributed by atoms with E-state index in [2.05, 4.69) is 0 Å². The number of carbonyl (C=O) groups excluding carboxylic acids is 1. The number of carbonyl (C=O) groups is 1. The van der Waals surface area contributed by atoms with Gasteiger partial charge >= 0.3 is 0 Å². The molecule has 16 heavy (non-hydrogen) atoms. The summed E-state index contributed by atoms with van der Waals surface area (Å²) in [4.78, 5) is 14.1. The zero-order chi connectivity index (χ0) is 11.4. The molecular formula is C13H22ClNO. The predicted molar refractivity (Wildman–Crippen MR) is 66.6 cm³/mol. The van der Waals surface area contributed by atoms with Crippen LogP contribution in [0.1, 0.15) is 51.4 Å². The molecule has 1 aliphatic heterocycles. The topological polar surface area (TPSA) is 20.3 Å². The number of alkyl halides is 1. The van der Waals surface area contributed by atoms with Gasteiger partial charge in [-0.3, -0.25) is 4.79 Å². The molecule has 2 rings (SSSR count). The van der Waals surface area contributed by atoms with Gasteiger partial charge in [-0.15, -0.1) is 11.6 Å². The van der Waals surface area contributed by atoms with E-state index in [1.807, 2.05) is 4.90 Å². The van der Waals surface area contributed by atoms with Crippen LogP contribution in [0.25, 0.3) is 0 Å². The van der Waals surface area contributed by atoms with Gasteiger partial charge in [0, 0.05) is 24.9 Å². The normalized spacial score (nSPS) is 24.7. The number of hydrogen-bond acceptors (Lipinski definition) is 1. The van der Waals surface area contributed by atoms with Gasteiger partial charge in [0.15, 0.2) is 0 Å². The van der Waals surface area contributed by atoms with Gasteiger partial charge in [-0.05, 0) is 31.6 Å². The lowest BCUT2D eigenvalue weighted by Crippen LogP contribution is -2.39. The largest absolute Gasteiger partial charge is 0.343 e. The molecule has 0 radical (unpaired) electrons. The Morgan fingerprint density at radius 2 is 1.69 bits per heavy atom. The van der Waals surface area contributed by atoms with Crippen LogP contribution in [0.15, 0.2) is 0 Å². The van der Waals surface area contributed by atoms with Crippen LogP contribution in [0.2, 0.25) is 0 Å². The Morgan fingerprint density at radius 1 is 1.06 bits per heavy atom. The third kappa shape index (κ3) is 3.38. The molecule has 3 heteroatoms. The summed E-state index contributed by atoms with van der Waals surface area (Å²) in [5.74, 6) is 1.03. The Balaban J connectivity index is 1.74. The van der Waals surface area contributed by atoms with Crippen LogP contribution in [-0.2, 0) is 4.79 Å². The third-order valence-corrected chi connectivity index (χ3v) is 4.40. The van der Waals surface area contributed by atoms with Gasteiger partial charge < -0.3 is 4.90 Å². The minimum absolute atomic E-state index is 0.290. The summed E-state index contributed by atoms with van der Waals surface area (Å²) in [6.45, 7) is 1.75. The van der Waals surface area contributed by atoms with E-state index in [1.54, 1.807) is 0 Å². The molecule has 2 aliphatic rings. The maximum Gasteiger partial charge on any atom is 0.222 e. The molecule has 1 saturated heterocycles. The van der Waals surface area contributed by atoms with Gasteiger partial charge in [-0.2, -0.15) is 0 Å². The van der Waals surface area contributed by atoms with Crippen molar-refractivity contribution in [2.75, 3.05) is 13.1 Å². The molecule has 2 fully saturated rings. The van der Waals surface area contributed by atoms with Gasteiger partial charge in [-0.1, -0.05) is 19.3 Å². The van der Waals surface area contributed by atoms with E-state index in [9.17, 15) is 4.79 Å². The molecule has 0 bridgehead atoms. The van der Waals surface area contributed by atoms with Crippen LogP contribution in [-0.4, -0.2) is 29.3 Å². The van der Waals surface area contributed by atoms with Crippen LogP contribution >= 0.6 is 11.6 Å². The molecule has 0 aromatic rings. The van der Waals surface area contributed by atoms with Crippen molar-refractivity contribution >= 4 is 17.5 Å². The van der Waals surface area contributed by atoms with Crippen molar-refractivity contribution in [3.63, 3.8) is 0 Å². The quantitative estimate of drug-likeness (QED) is 0.683. The molecule has 92 valence electrons. The Bertz CT molecular complexity index is 230. The lowest BCUT2D eigenvalue weighted by Gasteiger charge is -2.31. The molecular weight excluding hydrogens is 222 g/mol. The standard InChI is InChI=1S/C13H22ClNO/c14-12-6-8-15(9-7-12)13(16)10-11-4-2-1-3-5-11/h11-12H,1-10H2. The number of piperidine rings is 1. The molecule has 1 saturated carbocycles. The van der Waals surface area contributed by atoms with E-state index in [4.69, 9.17) is 11.6 Å². The molecule has 0 unspecified atom stereocenters. The molecule has 1 amide bonds. The molecule has 0 spiro atoms. The fourth-order valence-electron chi connectivity index (χ4n) is 2.86. The minimum atomic E-state index is 0.290. The van der Waals surface area contributed by atoms with E-state index < -0.39 is 0 Å². The first-order chi connectivity index (χ1) is 7.75. The maximum absolute atomic E-state index is 12.1. The third-order valence-electron chi connectivity index (χ3n) is 3.97. The van der Waals surface area contributed by atoms with Crippen LogP contribution < -0.4 is 0 Å². The molecule has 0 aromatic carbocycles. The highest BCUT2D eigenvalue weighted by molar-refractivity contribution is 6.20. The van der Waals surface area contributed by atoms with Gasteiger partial charge in [0.05, 0.1) is 0 Å². The Labute approximate surface area is 103 Å². The zero-order valence-corrected chi connectivity index (χ0v) is 10.7. The van der Waals surface area contributed by atoms with Gasteiger partial charge in [0.25, 0.3) is 0 Å². The summed E-state index contributed by atoms with van der Waals surface area (Å²) < 4.78 is 0. The summed E-state index contributed by atoms with van der Waals surface area (Å²) in [5, 5.41) is 0.290. The summed E-state index contributed by atoms with van der Waals surface area (Å²) in [6.07, 6.45) is 9.25.